The van der Waals surface area contributed by atoms with Crippen molar-refractivity contribution in [3.8, 4) is 6.07 Å². The van der Waals surface area contributed by atoms with Crippen LogP contribution in [0.1, 0.15) is 18.9 Å². The Labute approximate surface area is 126 Å². The van der Waals surface area contributed by atoms with Crippen molar-refractivity contribution < 1.29 is 9.50 Å². The number of nitriles is 1. The second-order valence-corrected chi connectivity index (χ2v) is 5.96. The molecule has 0 saturated carbocycles. The fourth-order valence-corrected chi connectivity index (χ4v) is 3.01. The molecule has 0 amide bonds. The number of pyridine rings is 1. The van der Waals surface area contributed by atoms with E-state index in [4.69, 9.17) is 11.6 Å². The number of fused-ring (bicyclic) bond motifs is 1. The van der Waals surface area contributed by atoms with Gasteiger partial charge in [-0.05, 0) is 25.5 Å². The molecule has 2 aromatic rings. The Hall–Kier alpha value is -1.90. The van der Waals surface area contributed by atoms with Gasteiger partial charge in [0, 0.05) is 24.7 Å². The Bertz CT molecular complexity index is 770. The van der Waals surface area contributed by atoms with Crippen molar-refractivity contribution in [1.82, 2.24) is 4.98 Å². The summed E-state index contributed by atoms with van der Waals surface area (Å²) in [6, 6.07) is 4.79. The molecule has 1 fully saturated rings. The highest BCUT2D eigenvalue weighted by Gasteiger charge is 2.34. The third-order valence-corrected chi connectivity index (χ3v) is 4.10. The SMILES string of the molecule is CC1(O)CCN(c2c(C#N)cnc3c(F)ccc(Cl)c23)C1. The molecular formula is C15H13ClFN3O. The van der Waals surface area contributed by atoms with Crippen molar-refractivity contribution in [1.29, 1.82) is 5.26 Å². The van der Waals surface area contributed by atoms with E-state index in [2.05, 4.69) is 11.1 Å². The summed E-state index contributed by atoms with van der Waals surface area (Å²) in [5.74, 6) is -0.480. The predicted octanol–water partition coefficient (Wildman–Crippen LogP) is 2.86. The van der Waals surface area contributed by atoms with Crippen molar-refractivity contribution in [3.63, 3.8) is 0 Å². The van der Waals surface area contributed by atoms with Gasteiger partial charge in [0.05, 0.1) is 21.9 Å². The third-order valence-electron chi connectivity index (χ3n) is 3.78. The van der Waals surface area contributed by atoms with Crippen LogP contribution in [0, 0.1) is 17.1 Å². The number of benzene rings is 1. The van der Waals surface area contributed by atoms with Gasteiger partial charge < -0.3 is 10.0 Å². The van der Waals surface area contributed by atoms with Gasteiger partial charge in [-0.25, -0.2) is 4.39 Å². The van der Waals surface area contributed by atoms with Crippen molar-refractivity contribution in [2.45, 2.75) is 18.9 Å². The first-order valence-corrected chi connectivity index (χ1v) is 6.95. The summed E-state index contributed by atoms with van der Waals surface area (Å²) in [6.45, 7) is 2.69. The van der Waals surface area contributed by atoms with Gasteiger partial charge in [0.2, 0.25) is 0 Å². The standard InChI is InChI=1S/C15H13ClFN3O/c1-15(21)4-5-20(8-15)14-9(6-18)7-19-13-11(17)3-2-10(16)12(13)14/h2-3,7,21H,4-5,8H2,1H3. The number of halogens is 2. The zero-order valence-electron chi connectivity index (χ0n) is 11.4. The smallest absolute Gasteiger partial charge is 0.149 e. The van der Waals surface area contributed by atoms with Crippen molar-refractivity contribution >= 4 is 28.2 Å². The molecule has 1 N–H and O–H groups in total. The molecule has 0 radical (unpaired) electrons. The Balaban J connectivity index is 2.30. The molecule has 2 heterocycles. The van der Waals surface area contributed by atoms with Crippen LogP contribution in [0.5, 0.6) is 0 Å². The fourth-order valence-electron chi connectivity index (χ4n) is 2.76. The number of nitrogens with zero attached hydrogens (tertiary/aromatic N) is 3. The van der Waals surface area contributed by atoms with Crippen LogP contribution in [0.3, 0.4) is 0 Å². The van der Waals surface area contributed by atoms with E-state index in [9.17, 15) is 14.8 Å². The topological polar surface area (TPSA) is 60.1 Å². The number of rotatable bonds is 1. The van der Waals surface area contributed by atoms with Gasteiger partial charge in [0.25, 0.3) is 0 Å². The summed E-state index contributed by atoms with van der Waals surface area (Å²) in [6.07, 6.45) is 1.93. The maximum absolute atomic E-state index is 13.9. The Morgan fingerprint density at radius 2 is 2.29 bits per heavy atom. The van der Waals surface area contributed by atoms with Gasteiger partial charge in [-0.2, -0.15) is 5.26 Å². The predicted molar refractivity (Wildman–Crippen MR) is 78.9 cm³/mol. The van der Waals surface area contributed by atoms with Gasteiger partial charge in [-0.1, -0.05) is 11.6 Å². The van der Waals surface area contributed by atoms with Gasteiger partial charge in [0.1, 0.15) is 17.4 Å². The van der Waals surface area contributed by atoms with Crippen LogP contribution in [-0.2, 0) is 0 Å². The Morgan fingerprint density at radius 3 is 2.90 bits per heavy atom. The van der Waals surface area contributed by atoms with Crippen molar-refractivity contribution in [3.05, 3.63) is 34.7 Å². The number of β-amino-alcohol motifs (C(OH)–C–C–N with tert-alkyl or cyclic N) is 1. The van der Waals surface area contributed by atoms with Crippen LogP contribution in [-0.4, -0.2) is 28.8 Å². The van der Waals surface area contributed by atoms with E-state index in [-0.39, 0.29) is 5.52 Å². The van der Waals surface area contributed by atoms with Crippen LogP contribution >= 0.6 is 11.6 Å². The summed E-state index contributed by atoms with van der Waals surface area (Å²) in [7, 11) is 0. The minimum Gasteiger partial charge on any atom is -0.388 e. The fraction of sp³-hybridized carbons (Fsp3) is 0.333. The summed E-state index contributed by atoms with van der Waals surface area (Å²) < 4.78 is 13.9. The molecule has 1 aromatic heterocycles. The number of hydrogen-bond acceptors (Lipinski definition) is 4. The minimum atomic E-state index is -0.831. The lowest BCUT2D eigenvalue weighted by Crippen LogP contribution is -2.30. The van der Waals surface area contributed by atoms with Crippen LogP contribution < -0.4 is 4.90 Å². The molecular weight excluding hydrogens is 293 g/mol. The third kappa shape index (κ3) is 2.31. The molecule has 4 nitrogen and oxygen atoms in total. The Kier molecular flexibility index (Phi) is 3.23. The highest BCUT2D eigenvalue weighted by molar-refractivity contribution is 6.36. The summed E-state index contributed by atoms with van der Waals surface area (Å²) in [5, 5.41) is 20.2. The van der Waals surface area contributed by atoms with E-state index in [1.807, 2.05) is 4.90 Å². The summed E-state index contributed by atoms with van der Waals surface area (Å²) in [5.41, 5.74) is 0.183. The second-order valence-electron chi connectivity index (χ2n) is 5.55. The number of aliphatic hydroxyl groups is 1. The molecule has 0 bridgehead atoms. The lowest BCUT2D eigenvalue weighted by atomic mass is 10.1. The van der Waals surface area contributed by atoms with Crippen LogP contribution in [0.2, 0.25) is 5.02 Å². The van der Waals surface area contributed by atoms with Gasteiger partial charge in [-0.3, -0.25) is 4.98 Å². The van der Waals surface area contributed by atoms with E-state index in [0.717, 1.165) is 0 Å². The molecule has 0 spiro atoms. The molecule has 1 unspecified atom stereocenters. The van der Waals surface area contributed by atoms with E-state index < -0.39 is 11.4 Å². The molecule has 3 rings (SSSR count). The first kappa shape index (κ1) is 14.1. The average molecular weight is 306 g/mol. The summed E-state index contributed by atoms with van der Waals surface area (Å²) >= 11 is 6.21. The van der Waals surface area contributed by atoms with Gasteiger partial charge >= 0.3 is 0 Å². The Morgan fingerprint density at radius 1 is 1.52 bits per heavy atom. The van der Waals surface area contributed by atoms with Gasteiger partial charge in [0.15, 0.2) is 0 Å². The minimum absolute atomic E-state index is 0.142. The van der Waals surface area contributed by atoms with Gasteiger partial charge in [-0.15, -0.1) is 0 Å². The molecule has 108 valence electrons. The van der Waals surface area contributed by atoms with E-state index >= 15 is 0 Å². The number of aromatic nitrogens is 1. The first-order valence-electron chi connectivity index (χ1n) is 6.57. The zero-order valence-corrected chi connectivity index (χ0v) is 12.2. The quantitative estimate of drug-likeness (QED) is 0.880. The largest absolute Gasteiger partial charge is 0.388 e. The highest BCUT2D eigenvalue weighted by Crippen LogP contribution is 2.38. The first-order chi connectivity index (χ1) is 9.93. The van der Waals surface area contributed by atoms with Crippen LogP contribution in [0.4, 0.5) is 10.1 Å². The number of anilines is 1. The zero-order chi connectivity index (χ0) is 15.2. The normalized spacial score (nSPS) is 21.8. The lowest BCUT2D eigenvalue weighted by molar-refractivity contribution is 0.0839. The van der Waals surface area contributed by atoms with Crippen molar-refractivity contribution in [2.24, 2.45) is 0 Å². The molecule has 1 aliphatic heterocycles. The highest BCUT2D eigenvalue weighted by atomic mass is 35.5. The molecule has 1 aromatic carbocycles. The molecule has 1 saturated heterocycles. The molecule has 1 aliphatic rings. The summed E-state index contributed by atoms with van der Waals surface area (Å²) in [4.78, 5) is 5.88. The average Bonchev–Trinajstić information content (AvgIpc) is 2.81. The lowest BCUT2D eigenvalue weighted by Gasteiger charge is -2.23. The second kappa shape index (κ2) is 4.83. The monoisotopic (exact) mass is 305 g/mol. The molecule has 1 atom stereocenters. The van der Waals surface area contributed by atoms with E-state index in [1.54, 1.807) is 6.92 Å². The maximum atomic E-state index is 13.9. The van der Waals surface area contributed by atoms with E-state index in [1.165, 1.54) is 18.3 Å². The van der Waals surface area contributed by atoms with Crippen LogP contribution in [0.25, 0.3) is 10.9 Å². The van der Waals surface area contributed by atoms with E-state index in [0.29, 0.717) is 41.2 Å². The van der Waals surface area contributed by atoms with Crippen LogP contribution in [0.15, 0.2) is 18.3 Å². The number of hydrogen-bond donors (Lipinski definition) is 1. The molecule has 6 heteroatoms. The van der Waals surface area contributed by atoms with Crippen molar-refractivity contribution in [2.75, 3.05) is 18.0 Å². The molecule has 0 aliphatic carbocycles. The maximum Gasteiger partial charge on any atom is 0.149 e. The molecule has 21 heavy (non-hydrogen) atoms.